The minimum atomic E-state index is -4.44. The zero-order valence-corrected chi connectivity index (χ0v) is 9.43. The van der Waals surface area contributed by atoms with Gasteiger partial charge in [0.15, 0.2) is 0 Å². The van der Waals surface area contributed by atoms with Gasteiger partial charge in [-0.1, -0.05) is 12.1 Å². The van der Waals surface area contributed by atoms with Crippen molar-refractivity contribution in [2.24, 2.45) is 0 Å². The number of anilines is 1. The maximum atomic E-state index is 12.6. The average molecular weight is 246 g/mol. The summed E-state index contributed by atoms with van der Waals surface area (Å²) < 4.78 is 37.9. The van der Waals surface area contributed by atoms with Crippen LogP contribution in [0.1, 0.15) is 12.5 Å². The first kappa shape index (κ1) is 13.3. The molecule has 0 spiro atoms. The summed E-state index contributed by atoms with van der Waals surface area (Å²) >= 11 is 0. The Hall–Kier alpha value is -1.72. The summed E-state index contributed by atoms with van der Waals surface area (Å²) in [5, 5.41) is 4.90. The lowest BCUT2D eigenvalue weighted by molar-refractivity contribution is -0.137. The molecule has 0 aliphatic heterocycles. The SMILES string of the molecule is CNC(=O)C(C)Nc1ccccc1C(F)(F)F. The Morgan fingerprint density at radius 3 is 2.41 bits per heavy atom. The van der Waals surface area contributed by atoms with E-state index < -0.39 is 17.8 Å². The summed E-state index contributed by atoms with van der Waals surface area (Å²) in [4.78, 5) is 11.2. The molecule has 6 heteroatoms. The van der Waals surface area contributed by atoms with Gasteiger partial charge in [-0.3, -0.25) is 4.79 Å². The van der Waals surface area contributed by atoms with Gasteiger partial charge < -0.3 is 10.6 Å². The number of nitrogens with one attached hydrogen (secondary N) is 2. The van der Waals surface area contributed by atoms with Crippen LogP contribution >= 0.6 is 0 Å². The Morgan fingerprint density at radius 2 is 1.88 bits per heavy atom. The first-order valence-electron chi connectivity index (χ1n) is 5.00. The molecule has 1 atom stereocenters. The Morgan fingerprint density at radius 1 is 1.29 bits per heavy atom. The predicted octanol–water partition coefficient (Wildman–Crippen LogP) is 2.25. The highest BCUT2D eigenvalue weighted by atomic mass is 19.4. The molecular weight excluding hydrogens is 233 g/mol. The van der Waals surface area contributed by atoms with E-state index in [4.69, 9.17) is 0 Å². The Kier molecular flexibility index (Phi) is 3.98. The third-order valence-corrected chi connectivity index (χ3v) is 2.24. The van der Waals surface area contributed by atoms with Crippen LogP contribution in [0.2, 0.25) is 0 Å². The molecule has 94 valence electrons. The molecule has 0 aliphatic carbocycles. The molecule has 0 saturated heterocycles. The number of para-hydroxylation sites is 1. The van der Waals surface area contributed by atoms with Crippen molar-refractivity contribution in [3.8, 4) is 0 Å². The molecule has 1 aromatic rings. The molecule has 17 heavy (non-hydrogen) atoms. The third-order valence-electron chi connectivity index (χ3n) is 2.24. The molecule has 0 fully saturated rings. The molecular formula is C11H13F3N2O. The summed E-state index contributed by atoms with van der Waals surface area (Å²) in [6, 6.07) is 4.32. The van der Waals surface area contributed by atoms with Crippen molar-refractivity contribution in [2.75, 3.05) is 12.4 Å². The summed E-state index contributed by atoms with van der Waals surface area (Å²) in [5.41, 5.74) is -0.883. The number of halogens is 3. The Labute approximate surface area is 97.0 Å². The van der Waals surface area contributed by atoms with Gasteiger partial charge in [0.1, 0.15) is 6.04 Å². The van der Waals surface area contributed by atoms with E-state index in [2.05, 4.69) is 10.6 Å². The first-order chi connectivity index (χ1) is 7.86. The van der Waals surface area contributed by atoms with Crippen molar-refractivity contribution < 1.29 is 18.0 Å². The zero-order valence-electron chi connectivity index (χ0n) is 9.43. The second-order valence-corrected chi connectivity index (χ2v) is 3.52. The maximum absolute atomic E-state index is 12.6. The van der Waals surface area contributed by atoms with E-state index in [0.717, 1.165) is 6.07 Å². The number of hydrogen-bond donors (Lipinski definition) is 2. The number of alkyl halides is 3. The van der Waals surface area contributed by atoms with Crippen LogP contribution in [0, 0.1) is 0 Å². The van der Waals surface area contributed by atoms with Crippen LogP contribution in [0.15, 0.2) is 24.3 Å². The van der Waals surface area contributed by atoms with Crippen molar-refractivity contribution in [2.45, 2.75) is 19.1 Å². The fourth-order valence-electron chi connectivity index (χ4n) is 1.37. The fraction of sp³-hybridized carbons (Fsp3) is 0.364. The smallest absolute Gasteiger partial charge is 0.373 e. The molecule has 2 N–H and O–H groups in total. The molecule has 0 radical (unpaired) electrons. The highest BCUT2D eigenvalue weighted by molar-refractivity contribution is 5.84. The lowest BCUT2D eigenvalue weighted by atomic mass is 10.1. The number of amides is 1. The molecule has 0 saturated carbocycles. The zero-order chi connectivity index (χ0) is 13.1. The Balaban J connectivity index is 2.95. The van der Waals surface area contributed by atoms with E-state index >= 15 is 0 Å². The van der Waals surface area contributed by atoms with E-state index in [1.54, 1.807) is 0 Å². The van der Waals surface area contributed by atoms with E-state index in [1.165, 1.54) is 32.2 Å². The normalized spacial score (nSPS) is 13.0. The van der Waals surface area contributed by atoms with Gasteiger partial charge in [0.2, 0.25) is 5.91 Å². The van der Waals surface area contributed by atoms with Gasteiger partial charge in [0.05, 0.1) is 5.56 Å². The second-order valence-electron chi connectivity index (χ2n) is 3.52. The van der Waals surface area contributed by atoms with Gasteiger partial charge in [-0.15, -0.1) is 0 Å². The number of likely N-dealkylation sites (N-methyl/N-ethyl adjacent to an activating group) is 1. The van der Waals surface area contributed by atoms with E-state index in [9.17, 15) is 18.0 Å². The molecule has 1 rings (SSSR count). The topological polar surface area (TPSA) is 41.1 Å². The molecule has 3 nitrogen and oxygen atoms in total. The number of benzene rings is 1. The second kappa shape index (κ2) is 5.07. The third kappa shape index (κ3) is 3.37. The standard InChI is InChI=1S/C11H13F3N2O/c1-7(10(17)15-2)16-9-6-4-3-5-8(9)11(12,13)14/h3-7,16H,1-2H3,(H,15,17). The largest absolute Gasteiger partial charge is 0.418 e. The molecule has 1 unspecified atom stereocenters. The number of carbonyl (C=O) groups excluding carboxylic acids is 1. The van der Waals surface area contributed by atoms with E-state index in [1.807, 2.05) is 0 Å². The average Bonchev–Trinajstić information content (AvgIpc) is 2.27. The van der Waals surface area contributed by atoms with Gasteiger partial charge in [0, 0.05) is 12.7 Å². The van der Waals surface area contributed by atoms with Gasteiger partial charge in [-0.2, -0.15) is 13.2 Å². The first-order valence-corrected chi connectivity index (χ1v) is 5.00. The van der Waals surface area contributed by atoms with Crippen LogP contribution in [0.3, 0.4) is 0 Å². The minimum absolute atomic E-state index is 0.101. The van der Waals surface area contributed by atoms with Crippen LogP contribution in [0.4, 0.5) is 18.9 Å². The minimum Gasteiger partial charge on any atom is -0.373 e. The van der Waals surface area contributed by atoms with E-state index in [0.29, 0.717) is 0 Å². The number of rotatable bonds is 3. The van der Waals surface area contributed by atoms with Gasteiger partial charge in [-0.05, 0) is 19.1 Å². The van der Waals surface area contributed by atoms with Crippen molar-refractivity contribution >= 4 is 11.6 Å². The highest BCUT2D eigenvalue weighted by Gasteiger charge is 2.33. The molecule has 0 bridgehead atoms. The predicted molar refractivity (Wildman–Crippen MR) is 58.6 cm³/mol. The van der Waals surface area contributed by atoms with Crippen molar-refractivity contribution in [1.82, 2.24) is 5.32 Å². The van der Waals surface area contributed by atoms with Crippen LogP contribution in [-0.4, -0.2) is 19.0 Å². The van der Waals surface area contributed by atoms with Crippen molar-refractivity contribution in [3.63, 3.8) is 0 Å². The summed E-state index contributed by atoms with van der Waals surface area (Å²) in [6.07, 6.45) is -4.44. The molecule has 1 amide bonds. The van der Waals surface area contributed by atoms with Crippen LogP contribution in [-0.2, 0) is 11.0 Å². The summed E-state index contributed by atoms with van der Waals surface area (Å²) in [6.45, 7) is 1.49. The lowest BCUT2D eigenvalue weighted by Crippen LogP contribution is -2.35. The molecule has 1 aromatic carbocycles. The van der Waals surface area contributed by atoms with Crippen LogP contribution in [0.5, 0.6) is 0 Å². The number of carbonyl (C=O) groups is 1. The summed E-state index contributed by atoms with van der Waals surface area (Å²) in [7, 11) is 1.43. The fourth-order valence-corrected chi connectivity index (χ4v) is 1.37. The quantitative estimate of drug-likeness (QED) is 0.858. The summed E-state index contributed by atoms with van der Waals surface area (Å²) in [5.74, 6) is -0.373. The lowest BCUT2D eigenvalue weighted by Gasteiger charge is -2.18. The van der Waals surface area contributed by atoms with Gasteiger partial charge >= 0.3 is 6.18 Å². The van der Waals surface area contributed by atoms with Gasteiger partial charge in [-0.25, -0.2) is 0 Å². The van der Waals surface area contributed by atoms with Gasteiger partial charge in [0.25, 0.3) is 0 Å². The monoisotopic (exact) mass is 246 g/mol. The Bertz CT molecular complexity index is 404. The van der Waals surface area contributed by atoms with Crippen LogP contribution < -0.4 is 10.6 Å². The van der Waals surface area contributed by atoms with Crippen molar-refractivity contribution in [3.05, 3.63) is 29.8 Å². The van der Waals surface area contributed by atoms with Crippen molar-refractivity contribution in [1.29, 1.82) is 0 Å². The highest BCUT2D eigenvalue weighted by Crippen LogP contribution is 2.34. The molecule has 0 aliphatic rings. The number of hydrogen-bond acceptors (Lipinski definition) is 2. The van der Waals surface area contributed by atoms with E-state index in [-0.39, 0.29) is 11.6 Å². The van der Waals surface area contributed by atoms with Crippen LogP contribution in [0.25, 0.3) is 0 Å². The molecule has 0 heterocycles. The molecule has 0 aromatic heterocycles. The maximum Gasteiger partial charge on any atom is 0.418 e.